The number of methoxy groups -OCH3 is 2. The standard InChI is InChI=1S/C36H30ClN3O4S2/c1-42-31-17-12-24(20-32(31)43-2)18-19-39-35(41)33(46-36(39)45)21-27-22-40(28-9-4-3-5-10-28)38-34(27)25-13-15-29(16-14-25)44-23-26-8-6-7-11-30(26)37/h3-17,20-22H,18-19,23H2,1-2H3. The lowest BCUT2D eigenvalue weighted by Gasteiger charge is -2.15. The van der Waals surface area contributed by atoms with E-state index in [1.807, 2.05) is 114 Å². The van der Waals surface area contributed by atoms with Gasteiger partial charge in [0.25, 0.3) is 5.91 Å². The second-order valence-electron chi connectivity index (χ2n) is 10.4. The quantitative estimate of drug-likeness (QED) is 0.104. The van der Waals surface area contributed by atoms with Gasteiger partial charge in [-0.05, 0) is 72.7 Å². The topological polar surface area (TPSA) is 65.8 Å². The molecule has 0 unspecified atom stereocenters. The summed E-state index contributed by atoms with van der Waals surface area (Å²) in [6.07, 6.45) is 4.42. The molecule has 10 heteroatoms. The molecule has 0 saturated carbocycles. The van der Waals surface area contributed by atoms with E-state index >= 15 is 0 Å². The molecule has 0 radical (unpaired) electrons. The maximum absolute atomic E-state index is 13.6. The van der Waals surface area contributed by atoms with Crippen LogP contribution in [0.2, 0.25) is 5.02 Å². The highest BCUT2D eigenvalue weighted by atomic mass is 35.5. The predicted octanol–water partition coefficient (Wildman–Crippen LogP) is 8.23. The van der Waals surface area contributed by atoms with E-state index in [1.54, 1.807) is 19.1 Å². The molecular weight excluding hydrogens is 638 g/mol. The largest absolute Gasteiger partial charge is 0.493 e. The van der Waals surface area contributed by atoms with Crippen LogP contribution in [0, 0.1) is 0 Å². The number of amides is 1. The van der Waals surface area contributed by atoms with Gasteiger partial charge in [-0.25, -0.2) is 4.68 Å². The molecule has 0 bridgehead atoms. The third-order valence-electron chi connectivity index (χ3n) is 7.48. The van der Waals surface area contributed by atoms with Crippen molar-refractivity contribution in [1.29, 1.82) is 0 Å². The van der Waals surface area contributed by atoms with E-state index < -0.39 is 0 Å². The average molecular weight is 668 g/mol. The van der Waals surface area contributed by atoms with Crippen molar-refractivity contribution < 1.29 is 19.0 Å². The smallest absolute Gasteiger partial charge is 0.266 e. The zero-order chi connectivity index (χ0) is 32.0. The highest BCUT2D eigenvalue weighted by Crippen LogP contribution is 2.36. The molecule has 232 valence electrons. The van der Waals surface area contributed by atoms with E-state index in [1.165, 1.54) is 11.8 Å². The Bertz CT molecular complexity index is 1910. The van der Waals surface area contributed by atoms with E-state index in [0.717, 1.165) is 33.6 Å². The molecule has 4 aromatic carbocycles. The summed E-state index contributed by atoms with van der Waals surface area (Å²) in [5, 5.41) is 5.59. The van der Waals surface area contributed by atoms with Crippen LogP contribution in [0.5, 0.6) is 17.2 Å². The molecule has 1 aliphatic rings. The van der Waals surface area contributed by atoms with Gasteiger partial charge in [0.1, 0.15) is 16.7 Å². The molecule has 6 rings (SSSR count). The summed E-state index contributed by atoms with van der Waals surface area (Å²) in [6, 6.07) is 31.0. The first-order valence-corrected chi connectivity index (χ1v) is 16.1. The number of nitrogens with zero attached hydrogens (tertiary/aromatic N) is 3. The molecule has 1 aliphatic heterocycles. The van der Waals surface area contributed by atoms with Gasteiger partial charge in [0.05, 0.1) is 30.5 Å². The molecule has 0 aliphatic carbocycles. The van der Waals surface area contributed by atoms with Crippen LogP contribution in [0.4, 0.5) is 0 Å². The van der Waals surface area contributed by atoms with Crippen molar-refractivity contribution in [3.63, 3.8) is 0 Å². The zero-order valence-electron chi connectivity index (χ0n) is 25.2. The Balaban J connectivity index is 1.24. The minimum absolute atomic E-state index is 0.128. The zero-order valence-corrected chi connectivity index (χ0v) is 27.6. The van der Waals surface area contributed by atoms with Crippen molar-refractivity contribution >= 4 is 51.9 Å². The van der Waals surface area contributed by atoms with E-state index in [9.17, 15) is 4.79 Å². The van der Waals surface area contributed by atoms with Crippen LogP contribution in [0.3, 0.4) is 0 Å². The Morgan fingerprint density at radius 2 is 1.65 bits per heavy atom. The Morgan fingerprint density at radius 3 is 2.39 bits per heavy atom. The maximum Gasteiger partial charge on any atom is 0.266 e. The number of benzene rings is 4. The number of para-hydroxylation sites is 1. The molecule has 0 N–H and O–H groups in total. The van der Waals surface area contributed by atoms with Gasteiger partial charge >= 0.3 is 0 Å². The summed E-state index contributed by atoms with van der Waals surface area (Å²) in [5.74, 6) is 1.89. The fourth-order valence-corrected chi connectivity index (χ4v) is 6.52. The van der Waals surface area contributed by atoms with Gasteiger partial charge in [0.15, 0.2) is 11.5 Å². The van der Waals surface area contributed by atoms with Crippen LogP contribution in [0.25, 0.3) is 23.0 Å². The van der Waals surface area contributed by atoms with Crippen LogP contribution >= 0.6 is 35.6 Å². The third-order valence-corrected chi connectivity index (χ3v) is 9.22. The summed E-state index contributed by atoms with van der Waals surface area (Å²) >= 11 is 13.2. The Hall–Kier alpha value is -4.57. The minimum atomic E-state index is -0.128. The molecule has 5 aromatic rings. The number of hydrogen-bond donors (Lipinski definition) is 0. The normalized spacial score (nSPS) is 13.8. The van der Waals surface area contributed by atoms with Crippen LogP contribution in [0.1, 0.15) is 16.7 Å². The van der Waals surface area contributed by atoms with Gasteiger partial charge in [0.2, 0.25) is 0 Å². The molecule has 0 spiro atoms. The molecule has 46 heavy (non-hydrogen) atoms. The van der Waals surface area contributed by atoms with Crippen molar-refractivity contribution in [2.75, 3.05) is 20.8 Å². The maximum atomic E-state index is 13.6. The Labute approximate surface area is 282 Å². The summed E-state index contributed by atoms with van der Waals surface area (Å²) in [4.78, 5) is 15.8. The lowest BCUT2D eigenvalue weighted by Crippen LogP contribution is -2.30. The van der Waals surface area contributed by atoms with Crippen LogP contribution in [0.15, 0.2) is 108 Å². The molecule has 0 atom stereocenters. The number of thiocarbonyl (C=S) groups is 1. The van der Waals surface area contributed by atoms with Crippen molar-refractivity contribution in [2.24, 2.45) is 0 Å². The molecule has 7 nitrogen and oxygen atoms in total. The van der Waals surface area contributed by atoms with E-state index in [0.29, 0.717) is 51.1 Å². The third kappa shape index (κ3) is 6.97. The van der Waals surface area contributed by atoms with E-state index in [-0.39, 0.29) is 5.91 Å². The second-order valence-corrected chi connectivity index (χ2v) is 12.5. The van der Waals surface area contributed by atoms with Crippen molar-refractivity contribution in [3.05, 3.63) is 130 Å². The Kier molecular flexibility index (Phi) is 9.73. The summed E-state index contributed by atoms with van der Waals surface area (Å²) in [6.45, 7) is 0.810. The lowest BCUT2D eigenvalue weighted by atomic mass is 10.1. The molecular formula is C36H30ClN3O4S2. The number of carbonyl (C=O) groups excluding carboxylic acids is 1. The highest BCUT2D eigenvalue weighted by Gasteiger charge is 2.32. The molecule has 1 saturated heterocycles. The van der Waals surface area contributed by atoms with E-state index in [2.05, 4.69) is 0 Å². The van der Waals surface area contributed by atoms with Crippen molar-refractivity contribution in [1.82, 2.24) is 14.7 Å². The van der Waals surface area contributed by atoms with Crippen LogP contribution in [-0.4, -0.2) is 45.7 Å². The number of carbonyl (C=O) groups is 1. The number of rotatable bonds is 11. The van der Waals surface area contributed by atoms with Crippen LogP contribution < -0.4 is 14.2 Å². The number of aromatic nitrogens is 2. The monoisotopic (exact) mass is 667 g/mol. The average Bonchev–Trinajstić information content (AvgIpc) is 3.63. The van der Waals surface area contributed by atoms with Gasteiger partial charge in [-0.2, -0.15) is 5.10 Å². The van der Waals surface area contributed by atoms with Crippen molar-refractivity contribution in [3.8, 4) is 34.2 Å². The van der Waals surface area contributed by atoms with Gasteiger partial charge in [0, 0.05) is 34.5 Å². The summed E-state index contributed by atoms with van der Waals surface area (Å²) in [7, 11) is 3.21. The predicted molar refractivity (Wildman–Crippen MR) is 188 cm³/mol. The van der Waals surface area contributed by atoms with Crippen LogP contribution in [-0.2, 0) is 17.8 Å². The molecule has 1 aromatic heterocycles. The van der Waals surface area contributed by atoms with E-state index in [4.69, 9.17) is 43.1 Å². The van der Waals surface area contributed by atoms with Gasteiger partial charge < -0.3 is 14.2 Å². The number of ether oxygens (including phenoxy) is 3. The SMILES string of the molecule is COc1ccc(CCN2C(=O)C(=Cc3cn(-c4ccccc4)nc3-c3ccc(OCc4ccccc4Cl)cc3)SC2=S)cc1OC. The number of halogens is 1. The Morgan fingerprint density at radius 1 is 0.913 bits per heavy atom. The lowest BCUT2D eigenvalue weighted by molar-refractivity contribution is -0.122. The highest BCUT2D eigenvalue weighted by molar-refractivity contribution is 8.26. The van der Waals surface area contributed by atoms with Gasteiger partial charge in [-0.1, -0.05) is 78.0 Å². The second kappa shape index (κ2) is 14.2. The first-order valence-electron chi connectivity index (χ1n) is 14.5. The molecule has 2 heterocycles. The number of hydrogen-bond acceptors (Lipinski definition) is 7. The molecule has 1 amide bonds. The molecule has 1 fully saturated rings. The fourth-order valence-electron chi connectivity index (χ4n) is 5.03. The van der Waals surface area contributed by atoms with Gasteiger partial charge in [-0.3, -0.25) is 9.69 Å². The first-order chi connectivity index (χ1) is 22.4. The summed E-state index contributed by atoms with van der Waals surface area (Å²) in [5.41, 5.74) is 5.26. The fraction of sp³-hybridized carbons (Fsp3) is 0.139. The first kappa shape index (κ1) is 31.4. The van der Waals surface area contributed by atoms with Gasteiger partial charge in [-0.15, -0.1) is 0 Å². The number of thioether (sulfide) groups is 1. The minimum Gasteiger partial charge on any atom is -0.493 e. The van der Waals surface area contributed by atoms with Crippen molar-refractivity contribution in [2.45, 2.75) is 13.0 Å². The summed E-state index contributed by atoms with van der Waals surface area (Å²) < 4.78 is 19.1.